The van der Waals surface area contributed by atoms with Gasteiger partial charge in [-0.1, -0.05) is 30.3 Å². The Morgan fingerprint density at radius 3 is 2.49 bits per heavy atom. The third kappa shape index (κ3) is 5.92. The van der Waals surface area contributed by atoms with Gasteiger partial charge in [-0.15, -0.1) is 13.2 Å². The maximum atomic E-state index is 13.4. The van der Waals surface area contributed by atoms with Crippen molar-refractivity contribution in [1.82, 2.24) is 4.90 Å². The van der Waals surface area contributed by atoms with Crippen LogP contribution in [0.5, 0.6) is 11.5 Å². The smallest absolute Gasteiger partial charge is 0.491 e. The Bertz CT molecular complexity index is 1220. The van der Waals surface area contributed by atoms with Crippen LogP contribution in [0.25, 0.3) is 11.1 Å². The molecular formula is C26H22F3NO5. The van der Waals surface area contributed by atoms with Crippen LogP contribution in [0.2, 0.25) is 0 Å². The van der Waals surface area contributed by atoms with Crippen molar-refractivity contribution in [3.8, 4) is 22.6 Å². The summed E-state index contributed by atoms with van der Waals surface area (Å²) in [4.78, 5) is 27.0. The molecule has 0 aliphatic carbocycles. The molecule has 0 N–H and O–H groups in total. The molecule has 0 bridgehead atoms. The summed E-state index contributed by atoms with van der Waals surface area (Å²) < 4.78 is 52.0. The van der Waals surface area contributed by atoms with Gasteiger partial charge in [0.15, 0.2) is 0 Å². The second kappa shape index (κ2) is 10.1. The van der Waals surface area contributed by atoms with E-state index in [1.165, 1.54) is 24.3 Å². The molecule has 1 aliphatic heterocycles. The SMILES string of the molecule is CCOC(=O)c1cccc(CN2CCOc3ccc(-c4ccc(OC(F)(F)F)cc4)cc3C2=O)c1. The first-order valence-electron chi connectivity index (χ1n) is 10.9. The van der Waals surface area contributed by atoms with Gasteiger partial charge in [0.05, 0.1) is 24.3 Å². The van der Waals surface area contributed by atoms with Crippen LogP contribution in [0.4, 0.5) is 13.2 Å². The summed E-state index contributed by atoms with van der Waals surface area (Å²) in [5.41, 5.74) is 2.78. The lowest BCUT2D eigenvalue weighted by Gasteiger charge is -2.20. The number of hydrogen-bond acceptors (Lipinski definition) is 5. The van der Waals surface area contributed by atoms with Crippen molar-refractivity contribution in [2.75, 3.05) is 19.8 Å². The Morgan fingerprint density at radius 2 is 1.77 bits per heavy atom. The molecule has 1 heterocycles. The van der Waals surface area contributed by atoms with Gasteiger partial charge in [0.1, 0.15) is 18.1 Å². The predicted molar refractivity (Wildman–Crippen MR) is 121 cm³/mol. The van der Waals surface area contributed by atoms with Crippen LogP contribution in [0.1, 0.15) is 33.2 Å². The van der Waals surface area contributed by atoms with Crippen LogP contribution in [0, 0.1) is 0 Å². The van der Waals surface area contributed by atoms with E-state index in [9.17, 15) is 22.8 Å². The lowest BCUT2D eigenvalue weighted by molar-refractivity contribution is -0.274. The number of esters is 1. The minimum Gasteiger partial charge on any atom is -0.491 e. The van der Waals surface area contributed by atoms with E-state index in [0.29, 0.717) is 41.2 Å². The topological polar surface area (TPSA) is 65.1 Å². The highest BCUT2D eigenvalue weighted by molar-refractivity contribution is 5.98. The Kier molecular flexibility index (Phi) is 6.95. The minimum atomic E-state index is -4.77. The van der Waals surface area contributed by atoms with Crippen molar-refractivity contribution < 1.29 is 37.0 Å². The van der Waals surface area contributed by atoms with Crippen LogP contribution < -0.4 is 9.47 Å². The summed E-state index contributed by atoms with van der Waals surface area (Å²) >= 11 is 0. The highest BCUT2D eigenvalue weighted by atomic mass is 19.4. The average Bonchev–Trinajstić information content (AvgIpc) is 2.97. The maximum Gasteiger partial charge on any atom is 0.573 e. The molecule has 4 rings (SSSR count). The molecule has 3 aromatic rings. The van der Waals surface area contributed by atoms with E-state index < -0.39 is 12.3 Å². The third-order valence-corrected chi connectivity index (χ3v) is 5.35. The highest BCUT2D eigenvalue weighted by Gasteiger charge is 2.31. The summed E-state index contributed by atoms with van der Waals surface area (Å²) in [6.45, 7) is 2.90. The fraction of sp³-hybridized carbons (Fsp3) is 0.231. The number of halogens is 3. The zero-order valence-electron chi connectivity index (χ0n) is 18.8. The molecule has 0 unspecified atom stereocenters. The lowest BCUT2D eigenvalue weighted by atomic mass is 10.0. The lowest BCUT2D eigenvalue weighted by Crippen LogP contribution is -2.32. The number of rotatable bonds is 6. The van der Waals surface area contributed by atoms with Gasteiger partial charge < -0.3 is 19.1 Å². The van der Waals surface area contributed by atoms with E-state index in [1.54, 1.807) is 48.2 Å². The molecule has 0 radical (unpaired) electrons. The third-order valence-electron chi connectivity index (χ3n) is 5.35. The van der Waals surface area contributed by atoms with Gasteiger partial charge >= 0.3 is 12.3 Å². The van der Waals surface area contributed by atoms with E-state index >= 15 is 0 Å². The largest absolute Gasteiger partial charge is 0.573 e. The maximum absolute atomic E-state index is 13.4. The number of ether oxygens (including phenoxy) is 3. The Hall–Kier alpha value is -4.01. The molecule has 0 aromatic heterocycles. The van der Waals surface area contributed by atoms with Crippen molar-refractivity contribution in [2.24, 2.45) is 0 Å². The van der Waals surface area contributed by atoms with E-state index in [-0.39, 0.29) is 24.8 Å². The van der Waals surface area contributed by atoms with Gasteiger partial charge in [-0.2, -0.15) is 0 Å². The number of fused-ring (bicyclic) bond motifs is 1. The molecule has 6 nitrogen and oxygen atoms in total. The van der Waals surface area contributed by atoms with Crippen molar-refractivity contribution in [2.45, 2.75) is 19.8 Å². The van der Waals surface area contributed by atoms with E-state index in [1.807, 2.05) is 6.07 Å². The summed E-state index contributed by atoms with van der Waals surface area (Å²) in [6, 6.07) is 17.4. The second-order valence-corrected chi connectivity index (χ2v) is 7.78. The van der Waals surface area contributed by atoms with E-state index in [4.69, 9.17) is 9.47 Å². The molecule has 0 saturated carbocycles. The van der Waals surface area contributed by atoms with E-state index in [2.05, 4.69) is 4.74 Å². The normalized spacial score (nSPS) is 13.5. The number of carbonyl (C=O) groups is 2. The fourth-order valence-electron chi connectivity index (χ4n) is 3.77. The Labute approximate surface area is 199 Å². The summed E-state index contributed by atoms with van der Waals surface area (Å²) in [7, 11) is 0. The molecule has 0 saturated heterocycles. The van der Waals surface area contributed by atoms with Crippen molar-refractivity contribution in [3.05, 3.63) is 83.4 Å². The molecule has 0 spiro atoms. The molecule has 0 atom stereocenters. The molecular weight excluding hydrogens is 463 g/mol. The van der Waals surface area contributed by atoms with Crippen molar-refractivity contribution in [3.63, 3.8) is 0 Å². The zero-order chi connectivity index (χ0) is 25.0. The highest BCUT2D eigenvalue weighted by Crippen LogP contribution is 2.31. The molecule has 35 heavy (non-hydrogen) atoms. The second-order valence-electron chi connectivity index (χ2n) is 7.78. The first-order valence-corrected chi connectivity index (χ1v) is 10.9. The number of hydrogen-bond donors (Lipinski definition) is 0. The Morgan fingerprint density at radius 1 is 1.03 bits per heavy atom. The predicted octanol–water partition coefficient (Wildman–Crippen LogP) is 5.46. The molecule has 3 aromatic carbocycles. The Balaban J connectivity index is 1.56. The first-order chi connectivity index (χ1) is 16.7. The van der Waals surface area contributed by atoms with Gasteiger partial charge in [0.2, 0.25) is 0 Å². The van der Waals surface area contributed by atoms with Crippen LogP contribution >= 0.6 is 0 Å². The molecule has 1 aliphatic rings. The average molecular weight is 485 g/mol. The van der Waals surface area contributed by atoms with Gasteiger partial charge in [0.25, 0.3) is 5.91 Å². The summed E-state index contributed by atoms with van der Waals surface area (Å²) in [5.74, 6) is -0.579. The molecule has 1 amide bonds. The van der Waals surface area contributed by atoms with Crippen LogP contribution in [0.3, 0.4) is 0 Å². The number of amides is 1. The van der Waals surface area contributed by atoms with Crippen molar-refractivity contribution >= 4 is 11.9 Å². The minimum absolute atomic E-state index is 0.252. The number of nitrogens with zero attached hydrogens (tertiary/aromatic N) is 1. The van der Waals surface area contributed by atoms with E-state index in [0.717, 1.165) is 5.56 Å². The molecule has 9 heteroatoms. The fourth-order valence-corrected chi connectivity index (χ4v) is 3.77. The monoisotopic (exact) mass is 485 g/mol. The number of benzene rings is 3. The van der Waals surface area contributed by atoms with Crippen LogP contribution in [0.15, 0.2) is 66.7 Å². The van der Waals surface area contributed by atoms with Gasteiger partial charge in [-0.25, -0.2) is 4.79 Å². The quantitative estimate of drug-likeness (QED) is 0.434. The van der Waals surface area contributed by atoms with Crippen molar-refractivity contribution in [1.29, 1.82) is 0 Å². The van der Waals surface area contributed by atoms with Crippen LogP contribution in [-0.4, -0.2) is 42.9 Å². The summed E-state index contributed by atoms with van der Waals surface area (Å²) in [5, 5.41) is 0. The van der Waals surface area contributed by atoms with Gasteiger partial charge in [-0.05, 0) is 60.0 Å². The summed E-state index contributed by atoms with van der Waals surface area (Å²) in [6.07, 6.45) is -4.77. The standard InChI is InChI=1S/C26H22F3NO5/c1-2-33-25(32)20-5-3-4-17(14-20)16-30-12-13-34-23-11-8-19(15-22(23)24(30)31)18-6-9-21(10-7-18)35-26(27,28)29/h3-11,14-15H,2,12-13,16H2,1H3. The van der Waals surface area contributed by atoms with Crippen LogP contribution in [-0.2, 0) is 11.3 Å². The van der Waals surface area contributed by atoms with Gasteiger partial charge in [0, 0.05) is 6.54 Å². The van der Waals surface area contributed by atoms with Gasteiger partial charge in [-0.3, -0.25) is 4.79 Å². The number of carbonyl (C=O) groups excluding carboxylic acids is 2. The first kappa shape index (κ1) is 24.1. The molecule has 0 fully saturated rings. The molecule has 182 valence electrons. The zero-order valence-corrected chi connectivity index (χ0v) is 18.8. The number of alkyl halides is 3.